The first-order chi connectivity index (χ1) is 9.26. The molecule has 106 valence electrons. The average molecular weight is 266 g/mol. The lowest BCUT2D eigenvalue weighted by atomic mass is 9.97. The Labute approximate surface area is 114 Å². The maximum absolute atomic E-state index is 14.2. The molecule has 2 rings (SSSR count). The zero-order chi connectivity index (χ0) is 13.7. The second kappa shape index (κ2) is 6.87. The fourth-order valence-corrected chi connectivity index (χ4v) is 2.91. The third-order valence-corrected chi connectivity index (χ3v) is 3.72. The van der Waals surface area contributed by atoms with Crippen molar-refractivity contribution >= 4 is 5.69 Å². The fraction of sp³-hybridized carbons (Fsp3) is 0.600. The van der Waals surface area contributed by atoms with Crippen molar-refractivity contribution < 1.29 is 9.13 Å². The fourth-order valence-electron chi connectivity index (χ4n) is 2.91. The molecule has 1 aromatic carbocycles. The number of hydrogen-bond donors (Lipinski definition) is 1. The smallest absolute Gasteiger partial charge is 0.146 e. The number of hydrogen-bond acceptors (Lipinski definition) is 3. The molecule has 3 nitrogen and oxygen atoms in total. The minimum atomic E-state index is -0.135. The third-order valence-electron chi connectivity index (χ3n) is 3.72. The van der Waals surface area contributed by atoms with Crippen molar-refractivity contribution in [1.82, 2.24) is 0 Å². The van der Waals surface area contributed by atoms with Crippen LogP contribution in [-0.2, 0) is 11.2 Å². The molecule has 0 radical (unpaired) electrons. The van der Waals surface area contributed by atoms with Gasteiger partial charge >= 0.3 is 0 Å². The van der Waals surface area contributed by atoms with Gasteiger partial charge in [-0.25, -0.2) is 4.39 Å². The van der Waals surface area contributed by atoms with Crippen molar-refractivity contribution in [2.45, 2.75) is 19.3 Å². The summed E-state index contributed by atoms with van der Waals surface area (Å²) in [5, 5.41) is 0. The minimum Gasteiger partial charge on any atom is -0.384 e. The van der Waals surface area contributed by atoms with Crippen LogP contribution < -0.4 is 10.6 Å². The molecule has 1 unspecified atom stereocenters. The van der Waals surface area contributed by atoms with Crippen LogP contribution in [0.3, 0.4) is 0 Å². The van der Waals surface area contributed by atoms with E-state index in [9.17, 15) is 4.39 Å². The Balaban J connectivity index is 2.20. The molecule has 1 heterocycles. The van der Waals surface area contributed by atoms with E-state index >= 15 is 0 Å². The van der Waals surface area contributed by atoms with Crippen molar-refractivity contribution in [2.75, 3.05) is 38.3 Å². The number of halogens is 1. The predicted molar refractivity (Wildman–Crippen MR) is 76.0 cm³/mol. The molecule has 1 aromatic rings. The second-order valence-electron chi connectivity index (χ2n) is 5.20. The van der Waals surface area contributed by atoms with Crippen LogP contribution in [0.2, 0.25) is 0 Å². The van der Waals surface area contributed by atoms with Gasteiger partial charge in [0.1, 0.15) is 5.82 Å². The van der Waals surface area contributed by atoms with Gasteiger partial charge in [-0.1, -0.05) is 12.1 Å². The van der Waals surface area contributed by atoms with Crippen LogP contribution >= 0.6 is 0 Å². The summed E-state index contributed by atoms with van der Waals surface area (Å²) in [4.78, 5) is 2.16. The molecule has 1 aliphatic rings. The molecule has 0 aromatic heterocycles. The lowest BCUT2D eigenvalue weighted by Crippen LogP contribution is -2.38. The second-order valence-corrected chi connectivity index (χ2v) is 5.20. The molecule has 1 fully saturated rings. The molecule has 1 aliphatic heterocycles. The highest BCUT2D eigenvalue weighted by molar-refractivity contribution is 5.55. The molecule has 1 saturated heterocycles. The van der Waals surface area contributed by atoms with Gasteiger partial charge in [0.25, 0.3) is 0 Å². The van der Waals surface area contributed by atoms with E-state index in [1.165, 1.54) is 6.07 Å². The summed E-state index contributed by atoms with van der Waals surface area (Å²) < 4.78 is 19.4. The molecule has 0 aliphatic carbocycles. The highest BCUT2D eigenvalue weighted by atomic mass is 19.1. The average Bonchev–Trinajstić information content (AvgIpc) is 2.40. The van der Waals surface area contributed by atoms with Crippen LogP contribution in [0.25, 0.3) is 0 Å². The summed E-state index contributed by atoms with van der Waals surface area (Å²) in [6, 6.07) is 5.28. The standard InChI is InChI=1S/C15H23FN2O/c1-19-11-12-4-3-9-18(10-12)15-13(7-8-17)5-2-6-14(15)16/h2,5-6,12H,3-4,7-11,17H2,1H3. The van der Waals surface area contributed by atoms with Gasteiger partial charge in [0.2, 0.25) is 0 Å². The van der Waals surface area contributed by atoms with Gasteiger partial charge in [0.15, 0.2) is 0 Å². The number of benzene rings is 1. The van der Waals surface area contributed by atoms with Crippen LogP contribution in [-0.4, -0.2) is 33.4 Å². The Morgan fingerprint density at radius 2 is 2.32 bits per heavy atom. The molecule has 0 amide bonds. The number of ether oxygens (including phenoxy) is 1. The first-order valence-electron chi connectivity index (χ1n) is 6.97. The van der Waals surface area contributed by atoms with E-state index in [-0.39, 0.29) is 5.82 Å². The Hall–Kier alpha value is -1.13. The largest absolute Gasteiger partial charge is 0.384 e. The van der Waals surface area contributed by atoms with Gasteiger partial charge in [-0.15, -0.1) is 0 Å². The summed E-state index contributed by atoms with van der Waals surface area (Å²) in [5.41, 5.74) is 7.38. The van der Waals surface area contributed by atoms with Gasteiger partial charge in [0, 0.05) is 20.2 Å². The summed E-state index contributed by atoms with van der Waals surface area (Å²) >= 11 is 0. The third kappa shape index (κ3) is 3.45. The topological polar surface area (TPSA) is 38.5 Å². The summed E-state index contributed by atoms with van der Waals surface area (Å²) in [6.45, 7) is 3.08. The van der Waals surface area contributed by atoms with Crippen molar-refractivity contribution in [3.63, 3.8) is 0 Å². The number of rotatable bonds is 5. The monoisotopic (exact) mass is 266 g/mol. The van der Waals surface area contributed by atoms with E-state index in [2.05, 4.69) is 4.90 Å². The molecule has 0 bridgehead atoms. The maximum atomic E-state index is 14.2. The van der Waals surface area contributed by atoms with Gasteiger partial charge in [-0.2, -0.15) is 0 Å². The van der Waals surface area contributed by atoms with Crippen LogP contribution in [0.1, 0.15) is 18.4 Å². The molecule has 2 N–H and O–H groups in total. The quantitative estimate of drug-likeness (QED) is 0.888. The SMILES string of the molecule is COCC1CCCN(c2c(F)cccc2CCN)C1. The lowest BCUT2D eigenvalue weighted by molar-refractivity contribution is 0.143. The van der Waals surface area contributed by atoms with Crippen LogP contribution in [0.15, 0.2) is 18.2 Å². The summed E-state index contributed by atoms with van der Waals surface area (Å²) in [6.07, 6.45) is 2.97. The Morgan fingerprint density at radius 1 is 1.47 bits per heavy atom. The van der Waals surface area contributed by atoms with E-state index < -0.39 is 0 Å². The van der Waals surface area contributed by atoms with Crippen LogP contribution in [0.4, 0.5) is 10.1 Å². The van der Waals surface area contributed by atoms with E-state index in [0.29, 0.717) is 12.5 Å². The Bertz CT molecular complexity index is 409. The number of piperidine rings is 1. The number of anilines is 1. The normalized spacial score (nSPS) is 19.7. The zero-order valence-corrected chi connectivity index (χ0v) is 11.6. The summed E-state index contributed by atoms with van der Waals surface area (Å²) in [5.74, 6) is 0.355. The Kier molecular flexibility index (Phi) is 5.16. The van der Waals surface area contributed by atoms with Crippen molar-refractivity contribution in [3.05, 3.63) is 29.6 Å². The molecule has 1 atom stereocenters. The maximum Gasteiger partial charge on any atom is 0.146 e. The molecular formula is C15H23FN2O. The van der Waals surface area contributed by atoms with E-state index in [1.807, 2.05) is 6.07 Å². The molecule has 0 saturated carbocycles. The van der Waals surface area contributed by atoms with Crippen molar-refractivity contribution in [1.29, 1.82) is 0 Å². The van der Waals surface area contributed by atoms with E-state index in [4.69, 9.17) is 10.5 Å². The predicted octanol–water partition coefficient (Wildman–Crippen LogP) is 2.19. The number of nitrogens with two attached hydrogens (primary N) is 1. The zero-order valence-electron chi connectivity index (χ0n) is 11.6. The number of para-hydroxylation sites is 1. The first-order valence-corrected chi connectivity index (χ1v) is 6.97. The van der Waals surface area contributed by atoms with Gasteiger partial charge in [-0.05, 0) is 43.4 Å². The van der Waals surface area contributed by atoms with E-state index in [0.717, 1.165) is 50.2 Å². The van der Waals surface area contributed by atoms with Crippen molar-refractivity contribution in [3.8, 4) is 0 Å². The highest BCUT2D eigenvalue weighted by Gasteiger charge is 2.23. The van der Waals surface area contributed by atoms with Gasteiger partial charge in [0.05, 0.1) is 12.3 Å². The van der Waals surface area contributed by atoms with Gasteiger partial charge < -0.3 is 15.4 Å². The minimum absolute atomic E-state index is 0.135. The van der Waals surface area contributed by atoms with Crippen molar-refractivity contribution in [2.24, 2.45) is 11.7 Å². The molecular weight excluding hydrogens is 243 g/mol. The summed E-state index contributed by atoms with van der Waals surface area (Å²) in [7, 11) is 1.72. The van der Waals surface area contributed by atoms with Crippen LogP contribution in [0.5, 0.6) is 0 Å². The first kappa shape index (κ1) is 14.3. The highest BCUT2D eigenvalue weighted by Crippen LogP contribution is 2.29. The molecule has 0 spiro atoms. The van der Waals surface area contributed by atoms with Crippen LogP contribution in [0, 0.1) is 11.7 Å². The molecule has 19 heavy (non-hydrogen) atoms. The number of methoxy groups -OCH3 is 1. The molecule has 4 heteroatoms. The van der Waals surface area contributed by atoms with Gasteiger partial charge in [-0.3, -0.25) is 0 Å². The lowest BCUT2D eigenvalue weighted by Gasteiger charge is -2.35. The van der Waals surface area contributed by atoms with E-state index in [1.54, 1.807) is 13.2 Å². The Morgan fingerprint density at radius 3 is 3.05 bits per heavy atom. The number of nitrogens with zero attached hydrogens (tertiary/aromatic N) is 1.